The molecule has 0 spiro atoms. The summed E-state index contributed by atoms with van der Waals surface area (Å²) in [6.45, 7) is -0.251. The summed E-state index contributed by atoms with van der Waals surface area (Å²) in [4.78, 5) is 37.0. The number of carboxylic acids is 1. The summed E-state index contributed by atoms with van der Waals surface area (Å²) in [6.07, 6.45) is 1.56. The Morgan fingerprint density at radius 3 is 2.73 bits per heavy atom. The molecule has 0 aromatic heterocycles. The smallest absolute Gasteiger partial charge is 0.358 e. The van der Waals surface area contributed by atoms with Crippen molar-refractivity contribution in [1.82, 2.24) is 4.90 Å². The number of fused-ring (bicyclic) bond motifs is 1. The second-order valence-corrected chi connectivity index (χ2v) is 6.77. The third-order valence-electron chi connectivity index (χ3n) is 3.24. The monoisotopic (exact) mass is 348 g/mol. The number of methoxy groups -OCH3 is 1. The predicted octanol–water partition coefficient (Wildman–Crippen LogP) is -0.206. The van der Waals surface area contributed by atoms with E-state index in [0.717, 1.165) is 0 Å². The summed E-state index contributed by atoms with van der Waals surface area (Å²) in [5.41, 5.74) is 5.83. The summed E-state index contributed by atoms with van der Waals surface area (Å²) in [5, 5.41) is 8.15. The summed E-state index contributed by atoms with van der Waals surface area (Å²) in [5.74, 6) is -2.07. The average Bonchev–Trinajstić information content (AvgIpc) is 2.50. The van der Waals surface area contributed by atoms with Gasteiger partial charge in [-0.3, -0.25) is 14.5 Å². The number of nitrogens with two attached hydrogens (primary N) is 1. The lowest BCUT2D eigenvalue weighted by molar-refractivity contribution is -0.157. The maximum Gasteiger partial charge on any atom is 0.358 e. The van der Waals surface area contributed by atoms with Gasteiger partial charge in [0, 0.05) is 12.0 Å². The van der Waals surface area contributed by atoms with Crippen LogP contribution in [0.3, 0.4) is 0 Å². The SMILES string of the molecule is COCOC(=O)C1=C(SC)C(CC(=O)O)S[C@@H]2C(N)C(=O)N12. The summed E-state index contributed by atoms with van der Waals surface area (Å²) in [7, 11) is 1.37. The Balaban J connectivity index is 2.38. The first-order valence-electron chi connectivity index (χ1n) is 6.32. The molecule has 2 aliphatic rings. The average molecular weight is 348 g/mol. The predicted molar refractivity (Wildman–Crippen MR) is 80.8 cm³/mol. The number of nitrogens with zero attached hydrogens (tertiary/aromatic N) is 1. The van der Waals surface area contributed by atoms with Crippen LogP contribution in [0.5, 0.6) is 0 Å². The molecule has 1 saturated heterocycles. The van der Waals surface area contributed by atoms with Gasteiger partial charge in [-0.2, -0.15) is 0 Å². The third kappa shape index (κ3) is 2.96. The van der Waals surface area contributed by atoms with E-state index in [-0.39, 0.29) is 24.8 Å². The molecule has 8 nitrogen and oxygen atoms in total. The molecule has 0 bridgehead atoms. The number of esters is 1. The number of amides is 1. The second-order valence-electron chi connectivity index (χ2n) is 4.60. The number of carbonyl (C=O) groups excluding carboxylic acids is 2. The van der Waals surface area contributed by atoms with Crippen molar-refractivity contribution in [2.24, 2.45) is 5.73 Å². The fourth-order valence-corrected chi connectivity index (χ4v) is 4.88. The van der Waals surface area contributed by atoms with E-state index in [1.165, 1.54) is 35.5 Å². The van der Waals surface area contributed by atoms with E-state index in [2.05, 4.69) is 0 Å². The molecule has 122 valence electrons. The highest BCUT2D eigenvalue weighted by Gasteiger charge is 2.54. The molecule has 0 aromatic carbocycles. The van der Waals surface area contributed by atoms with E-state index >= 15 is 0 Å². The van der Waals surface area contributed by atoms with Crippen LogP contribution in [0.4, 0.5) is 0 Å². The van der Waals surface area contributed by atoms with Crippen molar-refractivity contribution in [1.29, 1.82) is 0 Å². The number of β-lactam (4-membered cyclic amide) rings is 1. The number of ether oxygens (including phenoxy) is 2. The molecule has 2 rings (SSSR count). The number of hydrogen-bond acceptors (Lipinski definition) is 8. The van der Waals surface area contributed by atoms with Crippen LogP contribution in [0.1, 0.15) is 6.42 Å². The number of hydrogen-bond donors (Lipinski definition) is 2. The van der Waals surface area contributed by atoms with Gasteiger partial charge in [0.25, 0.3) is 0 Å². The molecule has 2 aliphatic heterocycles. The molecule has 22 heavy (non-hydrogen) atoms. The van der Waals surface area contributed by atoms with Crippen LogP contribution >= 0.6 is 23.5 Å². The summed E-state index contributed by atoms with van der Waals surface area (Å²) in [6, 6.07) is -0.741. The van der Waals surface area contributed by atoms with E-state index in [1.54, 1.807) is 6.26 Å². The molecule has 2 unspecified atom stereocenters. The van der Waals surface area contributed by atoms with Crippen LogP contribution < -0.4 is 5.73 Å². The first kappa shape index (κ1) is 17.1. The highest BCUT2D eigenvalue weighted by atomic mass is 32.2. The van der Waals surface area contributed by atoms with Gasteiger partial charge >= 0.3 is 11.9 Å². The number of thioether (sulfide) groups is 2. The molecular weight excluding hydrogens is 332 g/mol. The quantitative estimate of drug-likeness (QED) is 0.382. The van der Waals surface area contributed by atoms with Crippen LogP contribution in [0.2, 0.25) is 0 Å². The van der Waals surface area contributed by atoms with E-state index in [0.29, 0.717) is 4.91 Å². The van der Waals surface area contributed by atoms with Gasteiger partial charge in [-0.25, -0.2) is 4.79 Å². The van der Waals surface area contributed by atoms with Crippen molar-refractivity contribution < 1.29 is 29.0 Å². The number of aliphatic carboxylic acids is 1. The number of carbonyl (C=O) groups is 3. The number of carboxylic acid groups (broad SMARTS) is 1. The van der Waals surface area contributed by atoms with Gasteiger partial charge in [0.2, 0.25) is 5.91 Å². The molecule has 0 aromatic rings. The van der Waals surface area contributed by atoms with E-state index in [4.69, 9.17) is 20.3 Å². The first-order valence-corrected chi connectivity index (χ1v) is 8.49. The fraction of sp³-hybridized carbons (Fsp3) is 0.583. The third-order valence-corrected chi connectivity index (χ3v) is 5.82. The van der Waals surface area contributed by atoms with Crippen molar-refractivity contribution in [3.05, 3.63) is 10.6 Å². The van der Waals surface area contributed by atoms with Gasteiger partial charge < -0.3 is 20.3 Å². The molecule has 3 N–H and O–H groups in total. The molecule has 1 fully saturated rings. The molecule has 2 heterocycles. The zero-order chi connectivity index (χ0) is 16.4. The Morgan fingerprint density at radius 2 is 2.18 bits per heavy atom. The zero-order valence-corrected chi connectivity index (χ0v) is 13.6. The molecule has 3 atom stereocenters. The van der Waals surface area contributed by atoms with Crippen LogP contribution in [-0.4, -0.2) is 64.7 Å². The minimum absolute atomic E-state index is 0.0752. The van der Waals surface area contributed by atoms with Gasteiger partial charge in [-0.05, 0) is 6.26 Å². The van der Waals surface area contributed by atoms with E-state index in [9.17, 15) is 14.4 Å². The van der Waals surface area contributed by atoms with Crippen molar-refractivity contribution in [3.8, 4) is 0 Å². The standard InChI is InChI=1S/C12H16N2O6S2/c1-19-4-20-12(18)8-9(21-2)5(3-6(15)16)22-11-7(13)10(17)14(8)11/h5,7,11H,3-4,13H2,1-2H3,(H,15,16)/t5?,7?,11-/m1/s1. The maximum atomic E-state index is 12.2. The lowest BCUT2D eigenvalue weighted by atomic mass is 10.1. The minimum Gasteiger partial charge on any atom is -0.481 e. The van der Waals surface area contributed by atoms with Gasteiger partial charge in [0.05, 0.1) is 11.7 Å². The molecule has 0 radical (unpaired) electrons. The van der Waals surface area contributed by atoms with Crippen LogP contribution in [0.15, 0.2) is 10.6 Å². The van der Waals surface area contributed by atoms with E-state index in [1.807, 2.05) is 0 Å². The topological polar surface area (TPSA) is 119 Å². The Labute approximate surface area is 135 Å². The highest BCUT2D eigenvalue weighted by Crippen LogP contribution is 2.47. The lowest BCUT2D eigenvalue weighted by Crippen LogP contribution is -2.69. The van der Waals surface area contributed by atoms with Crippen LogP contribution in [-0.2, 0) is 23.9 Å². The Kier molecular flexibility index (Phi) is 5.37. The largest absolute Gasteiger partial charge is 0.481 e. The zero-order valence-electron chi connectivity index (χ0n) is 12.0. The Morgan fingerprint density at radius 1 is 1.50 bits per heavy atom. The van der Waals surface area contributed by atoms with Crippen LogP contribution in [0, 0.1) is 0 Å². The molecular formula is C12H16N2O6S2. The Bertz CT molecular complexity index is 538. The van der Waals surface area contributed by atoms with Crippen LogP contribution in [0.25, 0.3) is 0 Å². The number of rotatable bonds is 6. The summed E-state index contributed by atoms with van der Waals surface area (Å²) >= 11 is 2.51. The van der Waals surface area contributed by atoms with Crippen molar-refractivity contribution in [2.45, 2.75) is 23.1 Å². The second kappa shape index (κ2) is 6.90. The van der Waals surface area contributed by atoms with Crippen molar-refractivity contribution >= 4 is 41.4 Å². The highest BCUT2D eigenvalue weighted by molar-refractivity contribution is 8.06. The van der Waals surface area contributed by atoms with Crippen molar-refractivity contribution in [3.63, 3.8) is 0 Å². The van der Waals surface area contributed by atoms with Gasteiger partial charge in [0.15, 0.2) is 6.79 Å². The van der Waals surface area contributed by atoms with E-state index < -0.39 is 28.6 Å². The molecule has 1 amide bonds. The first-order chi connectivity index (χ1) is 10.4. The molecule has 10 heteroatoms. The molecule has 0 aliphatic carbocycles. The lowest BCUT2D eigenvalue weighted by Gasteiger charge is -2.50. The molecule has 0 saturated carbocycles. The van der Waals surface area contributed by atoms with Gasteiger partial charge in [0.1, 0.15) is 17.1 Å². The van der Waals surface area contributed by atoms with Crippen molar-refractivity contribution in [2.75, 3.05) is 20.2 Å². The Hall–Kier alpha value is -1.23. The minimum atomic E-state index is -0.985. The normalized spacial score (nSPS) is 27.3. The van der Waals surface area contributed by atoms with Gasteiger partial charge in [-0.1, -0.05) is 0 Å². The maximum absolute atomic E-state index is 12.2. The summed E-state index contributed by atoms with van der Waals surface area (Å²) < 4.78 is 9.62. The fourth-order valence-electron chi connectivity index (χ4n) is 2.28. The van der Waals surface area contributed by atoms with Gasteiger partial charge in [-0.15, -0.1) is 23.5 Å².